The first-order chi connectivity index (χ1) is 10.0. The molecule has 1 aromatic rings. The molecule has 1 N–H and O–H groups in total. The van der Waals surface area contributed by atoms with Gasteiger partial charge in [0.05, 0.1) is 7.11 Å². The van der Waals surface area contributed by atoms with Crippen LogP contribution in [0.15, 0.2) is 24.3 Å². The summed E-state index contributed by atoms with van der Waals surface area (Å²) in [6, 6.07) is 6.26. The van der Waals surface area contributed by atoms with Gasteiger partial charge in [-0.05, 0) is 43.7 Å². The van der Waals surface area contributed by atoms with Crippen LogP contribution in [0, 0.1) is 0 Å². The van der Waals surface area contributed by atoms with Crippen LogP contribution in [-0.2, 0) is 11.3 Å². The Balaban J connectivity index is 2.97. The Morgan fingerprint density at radius 1 is 1.38 bits per heavy atom. The second-order valence-electron chi connectivity index (χ2n) is 5.13. The summed E-state index contributed by atoms with van der Waals surface area (Å²) in [5, 5.41) is 8.71. The van der Waals surface area contributed by atoms with E-state index in [9.17, 15) is 4.79 Å². The number of carbonyl (C=O) groups is 1. The number of ether oxygens (including phenoxy) is 1. The lowest BCUT2D eigenvalue weighted by molar-refractivity contribution is -0.131. The fourth-order valence-electron chi connectivity index (χ4n) is 2.50. The summed E-state index contributed by atoms with van der Waals surface area (Å²) in [4.78, 5) is 12.9. The van der Waals surface area contributed by atoms with Gasteiger partial charge in [0.25, 0.3) is 0 Å². The van der Waals surface area contributed by atoms with Gasteiger partial charge in [0, 0.05) is 24.2 Å². The second kappa shape index (κ2) is 8.47. The van der Waals surface area contributed by atoms with Crippen LogP contribution in [0.5, 0.6) is 5.75 Å². The predicted molar refractivity (Wildman–Crippen MR) is 85.5 cm³/mol. The molecule has 0 amide bonds. The summed E-state index contributed by atoms with van der Waals surface area (Å²) in [6.07, 6.45) is 4.96. The zero-order chi connectivity index (χ0) is 15.8. The fourth-order valence-corrected chi connectivity index (χ4v) is 2.50. The first-order valence-electron chi connectivity index (χ1n) is 7.29. The monoisotopic (exact) mass is 291 g/mol. The van der Waals surface area contributed by atoms with E-state index in [1.54, 1.807) is 13.2 Å². The molecule has 4 nitrogen and oxygen atoms in total. The van der Waals surface area contributed by atoms with Gasteiger partial charge < -0.3 is 9.84 Å². The molecule has 0 aromatic heterocycles. The lowest BCUT2D eigenvalue weighted by atomic mass is 10.1. The summed E-state index contributed by atoms with van der Waals surface area (Å²) in [6.45, 7) is 5.16. The van der Waals surface area contributed by atoms with Crippen LogP contribution in [0.1, 0.15) is 37.8 Å². The van der Waals surface area contributed by atoms with Gasteiger partial charge >= 0.3 is 5.97 Å². The third kappa shape index (κ3) is 5.23. The summed E-state index contributed by atoms with van der Waals surface area (Å²) < 4.78 is 5.41. The molecule has 0 atom stereocenters. The number of nitrogens with zero attached hydrogens (tertiary/aromatic N) is 1. The van der Waals surface area contributed by atoms with E-state index < -0.39 is 5.97 Å². The van der Waals surface area contributed by atoms with E-state index >= 15 is 0 Å². The van der Waals surface area contributed by atoms with Crippen molar-refractivity contribution in [1.82, 2.24) is 4.90 Å². The van der Waals surface area contributed by atoms with E-state index in [-0.39, 0.29) is 0 Å². The van der Waals surface area contributed by atoms with Crippen molar-refractivity contribution in [1.29, 1.82) is 0 Å². The minimum atomic E-state index is -0.943. The number of hydrogen-bond donors (Lipinski definition) is 1. The molecule has 21 heavy (non-hydrogen) atoms. The van der Waals surface area contributed by atoms with Crippen LogP contribution in [0.2, 0.25) is 0 Å². The lowest BCUT2D eigenvalue weighted by Gasteiger charge is -2.26. The van der Waals surface area contributed by atoms with Gasteiger partial charge in [-0.15, -0.1) is 0 Å². The van der Waals surface area contributed by atoms with E-state index in [0.29, 0.717) is 6.04 Å². The molecule has 0 radical (unpaired) electrons. The van der Waals surface area contributed by atoms with Crippen LogP contribution < -0.4 is 4.74 Å². The van der Waals surface area contributed by atoms with Gasteiger partial charge in [0.15, 0.2) is 0 Å². The number of carboxylic acids is 1. The molecule has 0 saturated heterocycles. The molecular weight excluding hydrogens is 266 g/mol. The Labute approximate surface area is 127 Å². The summed E-state index contributed by atoms with van der Waals surface area (Å²) in [5.41, 5.74) is 1.94. The molecule has 0 unspecified atom stereocenters. The van der Waals surface area contributed by atoms with Gasteiger partial charge in [-0.1, -0.05) is 19.9 Å². The van der Waals surface area contributed by atoms with Crippen molar-refractivity contribution in [3.05, 3.63) is 35.4 Å². The third-order valence-corrected chi connectivity index (χ3v) is 3.71. The van der Waals surface area contributed by atoms with E-state index in [4.69, 9.17) is 9.84 Å². The van der Waals surface area contributed by atoms with Crippen LogP contribution >= 0.6 is 0 Å². The largest absolute Gasteiger partial charge is 0.496 e. The van der Waals surface area contributed by atoms with E-state index in [0.717, 1.165) is 42.3 Å². The lowest BCUT2D eigenvalue weighted by Crippen LogP contribution is -2.30. The maximum Gasteiger partial charge on any atom is 0.328 e. The Hall–Kier alpha value is -1.81. The summed E-state index contributed by atoms with van der Waals surface area (Å²) in [5.74, 6) is -0.109. The first-order valence-corrected chi connectivity index (χ1v) is 7.29. The smallest absolute Gasteiger partial charge is 0.328 e. The number of aliphatic carboxylic acids is 1. The Morgan fingerprint density at radius 3 is 2.57 bits per heavy atom. The summed E-state index contributed by atoms with van der Waals surface area (Å²) in [7, 11) is 3.76. The minimum absolute atomic E-state index is 0.535. The Kier molecular flexibility index (Phi) is 6.96. The maximum absolute atomic E-state index is 10.6. The zero-order valence-electron chi connectivity index (χ0n) is 13.3. The number of hydrogen-bond acceptors (Lipinski definition) is 3. The maximum atomic E-state index is 10.6. The van der Waals surface area contributed by atoms with Crippen LogP contribution in [0.25, 0.3) is 6.08 Å². The molecule has 116 valence electrons. The highest BCUT2D eigenvalue weighted by Gasteiger charge is 2.13. The van der Waals surface area contributed by atoms with Crippen molar-refractivity contribution in [2.45, 2.75) is 39.3 Å². The predicted octanol–water partition coefficient (Wildman–Crippen LogP) is 3.41. The molecular formula is C17H25NO3. The zero-order valence-corrected chi connectivity index (χ0v) is 13.3. The molecule has 1 rings (SSSR count). The molecule has 0 saturated carbocycles. The second-order valence-corrected chi connectivity index (χ2v) is 5.13. The van der Waals surface area contributed by atoms with Crippen molar-refractivity contribution < 1.29 is 14.6 Å². The normalized spacial score (nSPS) is 11.5. The van der Waals surface area contributed by atoms with Crippen molar-refractivity contribution in [3.63, 3.8) is 0 Å². The van der Waals surface area contributed by atoms with Gasteiger partial charge in [0.2, 0.25) is 0 Å². The number of carboxylic acid groups (broad SMARTS) is 1. The molecule has 4 heteroatoms. The van der Waals surface area contributed by atoms with E-state index in [1.165, 1.54) is 0 Å². The Morgan fingerprint density at radius 2 is 2.05 bits per heavy atom. The molecule has 0 aliphatic rings. The van der Waals surface area contributed by atoms with Gasteiger partial charge in [-0.3, -0.25) is 4.90 Å². The van der Waals surface area contributed by atoms with E-state index in [1.807, 2.05) is 18.2 Å². The van der Waals surface area contributed by atoms with Crippen LogP contribution in [-0.4, -0.2) is 36.2 Å². The fraction of sp³-hybridized carbons (Fsp3) is 0.471. The number of methoxy groups -OCH3 is 1. The van der Waals surface area contributed by atoms with Gasteiger partial charge in [-0.25, -0.2) is 4.79 Å². The van der Waals surface area contributed by atoms with Crippen molar-refractivity contribution in [2.75, 3.05) is 14.2 Å². The van der Waals surface area contributed by atoms with E-state index in [2.05, 4.69) is 25.8 Å². The standard InChI is InChI=1S/C17H25NO3/c1-5-15(6-2)18(3)12-14-11-13(8-10-17(19)20)7-9-16(14)21-4/h7-11,15H,5-6,12H2,1-4H3,(H,19,20). The summed E-state index contributed by atoms with van der Waals surface area (Å²) >= 11 is 0. The minimum Gasteiger partial charge on any atom is -0.496 e. The Bertz CT molecular complexity index is 493. The highest BCUT2D eigenvalue weighted by molar-refractivity contribution is 5.85. The van der Waals surface area contributed by atoms with Crippen molar-refractivity contribution in [3.8, 4) is 5.75 Å². The number of benzene rings is 1. The highest BCUT2D eigenvalue weighted by Crippen LogP contribution is 2.23. The molecule has 0 aliphatic heterocycles. The van der Waals surface area contributed by atoms with Crippen molar-refractivity contribution in [2.24, 2.45) is 0 Å². The van der Waals surface area contributed by atoms with Crippen LogP contribution in [0.3, 0.4) is 0 Å². The molecule has 0 aliphatic carbocycles. The SMILES string of the molecule is CCC(CC)N(C)Cc1cc(C=CC(=O)O)ccc1OC. The molecule has 0 fully saturated rings. The third-order valence-electron chi connectivity index (χ3n) is 3.71. The molecule has 0 bridgehead atoms. The quantitative estimate of drug-likeness (QED) is 0.746. The first kappa shape index (κ1) is 17.2. The topological polar surface area (TPSA) is 49.8 Å². The average Bonchev–Trinajstić information content (AvgIpc) is 2.46. The highest BCUT2D eigenvalue weighted by atomic mass is 16.5. The van der Waals surface area contributed by atoms with Crippen molar-refractivity contribution >= 4 is 12.0 Å². The average molecular weight is 291 g/mol. The molecule has 0 spiro atoms. The number of rotatable bonds is 8. The van der Waals surface area contributed by atoms with Gasteiger partial charge in [-0.2, -0.15) is 0 Å². The molecule has 1 aromatic carbocycles. The van der Waals surface area contributed by atoms with Gasteiger partial charge in [0.1, 0.15) is 5.75 Å². The molecule has 0 heterocycles. The van der Waals surface area contributed by atoms with Crippen LogP contribution in [0.4, 0.5) is 0 Å².